The number of carbonyl (C=O) groups excluding carboxylic acids is 2. The van der Waals surface area contributed by atoms with Gasteiger partial charge >= 0.3 is 27.3 Å². The smallest absolute Gasteiger partial charge is 0.428 e. The molecule has 6 rings (SSSR count). The number of aliphatic hydroxyl groups is 1. The van der Waals surface area contributed by atoms with E-state index in [0.717, 1.165) is 0 Å². The van der Waals surface area contributed by atoms with Crippen molar-refractivity contribution in [2.45, 2.75) is 29.9 Å². The molecule has 3 aromatic rings. The first kappa shape index (κ1) is 43.7. The highest BCUT2D eigenvalue weighted by Crippen LogP contribution is 2.69. The van der Waals surface area contributed by atoms with Crippen LogP contribution in [0.25, 0.3) is 0 Å². The van der Waals surface area contributed by atoms with Crippen LogP contribution in [0.2, 0.25) is 0 Å². The third kappa shape index (κ3) is 9.15. The minimum atomic E-state index is -5.54. The Morgan fingerprint density at radius 3 is 2.24 bits per heavy atom. The first-order valence-corrected chi connectivity index (χ1v) is 21.4. The number of hydrogen-bond acceptors (Lipinski definition) is 15. The lowest BCUT2D eigenvalue weighted by molar-refractivity contribution is -0.141. The normalized spacial score (nSPS) is 19.9. The largest absolute Gasteiger partial charge is 0.494 e. The molecule has 0 bridgehead atoms. The molecule has 0 aromatic heterocycles. The van der Waals surface area contributed by atoms with Gasteiger partial charge in [0, 0.05) is 36.9 Å². The SMILES string of the molecule is COc1cc([C@@H]2c3cc4c(cc3[C@H](OC(=O)N/N=C/c3cccc(OCCCN(C)CCC(O)(P(=O)(O)O)P(=O)(O)O)c3)C3COC(=O)[C@@H]32)OCO4)cc(OC)c1OC. The topological polar surface area (TPSA) is 271 Å². The van der Waals surface area contributed by atoms with E-state index in [-0.39, 0.29) is 26.6 Å². The fourth-order valence-electron chi connectivity index (χ4n) is 7.37. The van der Waals surface area contributed by atoms with Crippen molar-refractivity contribution in [1.29, 1.82) is 0 Å². The number of methoxy groups -OCH3 is 3. The summed E-state index contributed by atoms with van der Waals surface area (Å²) in [6.07, 6.45) is -0.891. The van der Waals surface area contributed by atoms with E-state index in [4.69, 9.17) is 37.9 Å². The minimum absolute atomic E-state index is 0.00781. The minimum Gasteiger partial charge on any atom is -0.494 e. The average molecular weight is 866 g/mol. The van der Waals surface area contributed by atoms with Gasteiger partial charge in [0.25, 0.3) is 5.08 Å². The Balaban J connectivity index is 1.11. The molecule has 59 heavy (non-hydrogen) atoms. The van der Waals surface area contributed by atoms with Gasteiger partial charge in [-0.15, -0.1) is 0 Å². The van der Waals surface area contributed by atoms with Gasteiger partial charge < -0.3 is 67.5 Å². The Kier molecular flexibility index (Phi) is 13.1. The van der Waals surface area contributed by atoms with Crippen LogP contribution in [0, 0.1) is 11.8 Å². The van der Waals surface area contributed by atoms with Gasteiger partial charge in [0.1, 0.15) is 11.9 Å². The Bertz CT molecular complexity index is 2130. The maximum Gasteiger partial charge on any atom is 0.428 e. The second kappa shape index (κ2) is 17.7. The number of hydrazone groups is 1. The maximum atomic E-state index is 13.5. The lowest BCUT2D eigenvalue weighted by atomic mass is 9.66. The molecule has 3 aliphatic rings. The highest BCUT2D eigenvalue weighted by atomic mass is 31.2. The molecule has 2 aliphatic heterocycles. The van der Waals surface area contributed by atoms with Crippen LogP contribution in [0.15, 0.2) is 53.6 Å². The van der Waals surface area contributed by atoms with Crippen molar-refractivity contribution in [3.05, 3.63) is 70.8 Å². The molecule has 1 fully saturated rings. The molecule has 2 heterocycles. The Morgan fingerprint density at radius 1 is 0.949 bits per heavy atom. The van der Waals surface area contributed by atoms with Crippen LogP contribution in [0.1, 0.15) is 47.1 Å². The molecule has 0 radical (unpaired) electrons. The summed E-state index contributed by atoms with van der Waals surface area (Å²) in [4.78, 5) is 65.7. The molecule has 1 aliphatic carbocycles. The van der Waals surface area contributed by atoms with E-state index in [1.807, 2.05) is 0 Å². The van der Waals surface area contributed by atoms with Crippen molar-refractivity contribution in [3.8, 4) is 34.5 Å². The number of fused-ring (bicyclic) bond motifs is 3. The lowest BCUT2D eigenvalue weighted by Gasteiger charge is -2.38. The van der Waals surface area contributed by atoms with E-state index in [1.54, 1.807) is 60.5 Å². The van der Waals surface area contributed by atoms with Crippen molar-refractivity contribution in [2.24, 2.45) is 16.9 Å². The number of benzene rings is 3. The third-order valence-corrected chi connectivity index (χ3v) is 14.2. The number of amides is 1. The predicted octanol–water partition coefficient (Wildman–Crippen LogP) is 3.27. The Labute approximate surface area is 338 Å². The number of ether oxygens (including phenoxy) is 8. The van der Waals surface area contributed by atoms with E-state index in [9.17, 15) is 43.4 Å². The number of nitrogens with zero attached hydrogens (tertiary/aromatic N) is 2. The number of nitrogens with one attached hydrogen (secondary N) is 1. The van der Waals surface area contributed by atoms with Gasteiger partial charge in [0.2, 0.25) is 12.5 Å². The fourth-order valence-corrected chi connectivity index (χ4v) is 9.51. The van der Waals surface area contributed by atoms with Gasteiger partial charge in [-0.05, 0) is 66.6 Å². The monoisotopic (exact) mass is 865 g/mol. The van der Waals surface area contributed by atoms with Crippen LogP contribution >= 0.6 is 15.2 Å². The van der Waals surface area contributed by atoms with Crippen LogP contribution in [-0.4, -0.2) is 114 Å². The lowest BCUT2D eigenvalue weighted by Crippen LogP contribution is -2.37. The van der Waals surface area contributed by atoms with Gasteiger partial charge in [0.15, 0.2) is 23.0 Å². The molecule has 320 valence electrons. The van der Waals surface area contributed by atoms with Crippen LogP contribution in [-0.2, 0) is 23.4 Å². The van der Waals surface area contributed by atoms with Gasteiger partial charge in [-0.2, -0.15) is 5.10 Å². The molecule has 0 saturated carbocycles. The molecule has 1 unspecified atom stereocenters. The van der Waals surface area contributed by atoms with E-state index >= 15 is 0 Å². The van der Waals surface area contributed by atoms with Crippen molar-refractivity contribution in [2.75, 3.05) is 61.5 Å². The van der Waals surface area contributed by atoms with Crippen molar-refractivity contribution >= 4 is 33.5 Å². The van der Waals surface area contributed by atoms with Crippen molar-refractivity contribution in [3.63, 3.8) is 0 Å². The highest BCUT2D eigenvalue weighted by molar-refractivity contribution is 7.72. The molecule has 4 atom stereocenters. The number of carbonyl (C=O) groups is 2. The zero-order chi connectivity index (χ0) is 42.7. The van der Waals surface area contributed by atoms with Gasteiger partial charge in [-0.1, -0.05) is 12.1 Å². The molecular weight excluding hydrogens is 820 g/mol. The Hall–Kier alpha value is -4.91. The standard InChI is InChI=1S/C37H45N3O17P2/c1-40(11-9-37(43,58(44,45)46)59(47,48)49)10-6-12-53-23-8-5-7-21(13-23)18-38-39-36(42)57-33-25-17-28-27(55-20-56-28)16-24(25)31(32-26(33)19-54-35(32)41)22-14-29(50-2)34(52-4)30(15-22)51-3/h5,7-8,13-18,26,31-33,43H,6,9-12,19-20H2,1-4H3,(H,39,42)(H2,44,45,46)(H2,47,48,49)/b38-18+/t26?,31-,32+,33+/m1/s1. The van der Waals surface area contributed by atoms with Crippen LogP contribution in [0.5, 0.6) is 34.5 Å². The average Bonchev–Trinajstić information content (AvgIpc) is 3.82. The summed E-state index contributed by atoms with van der Waals surface area (Å²) in [7, 11) is -5.03. The fraction of sp³-hybridized carbons (Fsp3) is 0.432. The molecule has 1 amide bonds. The quantitative estimate of drug-likeness (QED) is 0.0374. The first-order valence-electron chi connectivity index (χ1n) is 18.1. The van der Waals surface area contributed by atoms with Crippen molar-refractivity contribution < 1.29 is 81.3 Å². The second-order valence-corrected chi connectivity index (χ2v) is 18.0. The second-order valence-electron chi connectivity index (χ2n) is 14.0. The molecule has 3 aromatic carbocycles. The molecule has 1 saturated heterocycles. The van der Waals surface area contributed by atoms with Gasteiger partial charge in [-0.3, -0.25) is 13.9 Å². The summed E-state index contributed by atoms with van der Waals surface area (Å²) in [5.41, 5.74) is 4.86. The third-order valence-electron chi connectivity index (χ3n) is 10.3. The van der Waals surface area contributed by atoms with E-state index in [0.29, 0.717) is 69.7 Å². The molecule has 22 heteroatoms. The molecule has 6 N–H and O–H groups in total. The summed E-state index contributed by atoms with van der Waals surface area (Å²) >= 11 is 0. The van der Waals surface area contributed by atoms with Gasteiger partial charge in [0.05, 0.1) is 46.7 Å². The van der Waals surface area contributed by atoms with Gasteiger partial charge in [-0.25, -0.2) is 10.2 Å². The summed E-state index contributed by atoms with van der Waals surface area (Å²) in [6, 6.07) is 13.8. The number of esters is 1. The zero-order valence-corrected chi connectivity index (χ0v) is 34.2. The predicted molar refractivity (Wildman–Crippen MR) is 206 cm³/mol. The summed E-state index contributed by atoms with van der Waals surface area (Å²) < 4.78 is 68.7. The summed E-state index contributed by atoms with van der Waals surface area (Å²) in [5.74, 6) is 0.140. The molecule has 0 spiro atoms. The summed E-state index contributed by atoms with van der Waals surface area (Å²) in [5, 5.41) is 10.7. The van der Waals surface area contributed by atoms with E-state index < -0.39 is 62.6 Å². The molecular formula is C37H45N3O17P2. The number of hydrogen-bond donors (Lipinski definition) is 6. The molecule has 20 nitrogen and oxygen atoms in total. The van der Waals surface area contributed by atoms with Crippen molar-refractivity contribution in [1.82, 2.24) is 10.3 Å². The van der Waals surface area contributed by atoms with Crippen LogP contribution in [0.3, 0.4) is 0 Å². The first-order chi connectivity index (χ1) is 28.0. The maximum absolute atomic E-state index is 13.5. The van der Waals surface area contributed by atoms with E-state index in [1.165, 1.54) is 27.5 Å². The number of rotatable bonds is 17. The van der Waals surface area contributed by atoms with Crippen LogP contribution in [0.4, 0.5) is 4.79 Å². The number of cyclic esters (lactones) is 1. The Morgan fingerprint density at radius 2 is 1.61 bits per heavy atom. The summed E-state index contributed by atoms with van der Waals surface area (Å²) in [6.45, 7) is 0.281. The van der Waals surface area contributed by atoms with E-state index in [2.05, 4.69) is 10.5 Å². The highest BCUT2D eigenvalue weighted by Gasteiger charge is 2.59. The zero-order valence-electron chi connectivity index (χ0n) is 32.4. The van der Waals surface area contributed by atoms with Crippen LogP contribution < -0.4 is 33.8 Å².